The molecule has 3 rings (SSSR count). The number of nitrogens with one attached hydrogen (secondary N) is 1. The predicted octanol–water partition coefficient (Wildman–Crippen LogP) is 5.41. The van der Waals surface area contributed by atoms with E-state index in [0.717, 1.165) is 37.5 Å². The highest BCUT2D eigenvalue weighted by Gasteiger charge is 2.22. The second-order valence-electron chi connectivity index (χ2n) is 7.70. The van der Waals surface area contributed by atoms with E-state index in [-0.39, 0.29) is 28.5 Å². The van der Waals surface area contributed by atoms with Crippen LogP contribution in [0, 0.1) is 0 Å². The third-order valence-corrected chi connectivity index (χ3v) is 7.27. The summed E-state index contributed by atoms with van der Waals surface area (Å²) in [5, 5.41) is 3.59. The van der Waals surface area contributed by atoms with Gasteiger partial charge < -0.3 is 5.32 Å². The Morgan fingerprint density at radius 1 is 1.03 bits per heavy atom. The highest BCUT2D eigenvalue weighted by molar-refractivity contribution is 7.92. The maximum atomic E-state index is 12.6. The van der Waals surface area contributed by atoms with Gasteiger partial charge in [-0.1, -0.05) is 67.1 Å². The Kier molecular flexibility index (Phi) is 7.66. The molecular formula is C22H26Cl2N2O3S. The lowest BCUT2D eigenvalue weighted by molar-refractivity contribution is 0.0933. The maximum absolute atomic E-state index is 12.6. The van der Waals surface area contributed by atoms with Gasteiger partial charge in [0.25, 0.3) is 5.91 Å². The summed E-state index contributed by atoms with van der Waals surface area (Å²) >= 11 is 12.3. The molecule has 1 amide bonds. The van der Waals surface area contributed by atoms with Crippen LogP contribution in [0.5, 0.6) is 0 Å². The average Bonchev–Trinajstić information content (AvgIpc) is 2.97. The highest BCUT2D eigenvalue weighted by atomic mass is 35.5. The molecule has 2 aromatic carbocycles. The minimum atomic E-state index is -3.59. The van der Waals surface area contributed by atoms with Crippen molar-refractivity contribution < 1.29 is 13.2 Å². The van der Waals surface area contributed by atoms with E-state index in [9.17, 15) is 13.2 Å². The number of halogens is 2. The molecular weight excluding hydrogens is 443 g/mol. The van der Waals surface area contributed by atoms with E-state index in [1.54, 1.807) is 42.5 Å². The second kappa shape index (κ2) is 10.0. The molecule has 0 bridgehead atoms. The summed E-state index contributed by atoms with van der Waals surface area (Å²) in [6.07, 6.45) is 7.93. The van der Waals surface area contributed by atoms with Crippen molar-refractivity contribution in [3.8, 4) is 0 Å². The lowest BCUT2D eigenvalue weighted by atomic mass is 10.1. The minimum Gasteiger partial charge on any atom is -0.349 e. The fourth-order valence-electron chi connectivity index (χ4n) is 3.69. The molecule has 8 heteroatoms. The third kappa shape index (κ3) is 5.90. The second-order valence-corrected chi connectivity index (χ2v) is 10.4. The first-order chi connectivity index (χ1) is 14.3. The summed E-state index contributed by atoms with van der Waals surface area (Å²) in [7, 11) is -3.59. The van der Waals surface area contributed by atoms with E-state index >= 15 is 0 Å². The monoisotopic (exact) mass is 468 g/mol. The van der Waals surface area contributed by atoms with Gasteiger partial charge in [-0.15, -0.1) is 0 Å². The number of sulfonamides is 1. The van der Waals surface area contributed by atoms with Gasteiger partial charge in [0.2, 0.25) is 10.0 Å². The number of nitrogens with zero attached hydrogens (tertiary/aromatic N) is 1. The van der Waals surface area contributed by atoms with Gasteiger partial charge in [-0.2, -0.15) is 0 Å². The number of carbonyl (C=O) groups is 1. The van der Waals surface area contributed by atoms with Crippen molar-refractivity contribution in [3.63, 3.8) is 0 Å². The summed E-state index contributed by atoms with van der Waals surface area (Å²) < 4.78 is 26.0. The van der Waals surface area contributed by atoms with E-state index in [4.69, 9.17) is 23.2 Å². The average molecular weight is 469 g/mol. The summed E-state index contributed by atoms with van der Waals surface area (Å²) in [6.45, 7) is 0.0867. The van der Waals surface area contributed by atoms with E-state index in [0.29, 0.717) is 11.3 Å². The van der Waals surface area contributed by atoms with Crippen molar-refractivity contribution in [1.29, 1.82) is 0 Å². The highest BCUT2D eigenvalue weighted by Crippen LogP contribution is 2.34. The molecule has 1 saturated carbocycles. The number of anilines is 1. The number of carbonyl (C=O) groups excluding carboxylic acids is 1. The van der Waals surface area contributed by atoms with E-state index in [1.807, 2.05) is 0 Å². The Balaban J connectivity index is 1.74. The van der Waals surface area contributed by atoms with Gasteiger partial charge in [0.05, 0.1) is 28.5 Å². The molecule has 0 unspecified atom stereocenters. The fraction of sp³-hybridized carbons (Fsp3) is 0.409. The molecule has 30 heavy (non-hydrogen) atoms. The standard InChI is InChI=1S/C22H26Cl2N2O3S/c1-30(28,29)26(20-10-6-9-19(23)21(20)24)15-16-11-13-17(14-12-16)22(27)25-18-7-4-2-3-5-8-18/h6,9-14,18H,2-5,7-8,15H2,1H3,(H,25,27). The number of amides is 1. The number of benzene rings is 2. The smallest absolute Gasteiger partial charge is 0.251 e. The Morgan fingerprint density at radius 3 is 2.27 bits per heavy atom. The molecule has 1 fully saturated rings. The zero-order valence-electron chi connectivity index (χ0n) is 16.9. The molecule has 0 atom stereocenters. The Morgan fingerprint density at radius 2 is 1.67 bits per heavy atom. The molecule has 1 aliphatic carbocycles. The van der Waals surface area contributed by atoms with Crippen LogP contribution in [0.4, 0.5) is 5.69 Å². The van der Waals surface area contributed by atoms with Crippen molar-refractivity contribution >= 4 is 44.8 Å². The maximum Gasteiger partial charge on any atom is 0.251 e. The van der Waals surface area contributed by atoms with Gasteiger partial charge in [0.15, 0.2) is 0 Å². The largest absolute Gasteiger partial charge is 0.349 e. The molecule has 0 heterocycles. The van der Waals surface area contributed by atoms with Crippen LogP contribution in [0.25, 0.3) is 0 Å². The van der Waals surface area contributed by atoms with Crippen molar-refractivity contribution in [1.82, 2.24) is 5.32 Å². The molecule has 162 valence electrons. The molecule has 0 radical (unpaired) electrons. The Labute approximate surface area is 188 Å². The lowest BCUT2D eigenvalue weighted by Crippen LogP contribution is -2.34. The van der Waals surface area contributed by atoms with E-state index < -0.39 is 10.0 Å². The van der Waals surface area contributed by atoms with Crippen LogP contribution in [0.15, 0.2) is 42.5 Å². The quantitative estimate of drug-likeness (QED) is 0.575. The van der Waals surface area contributed by atoms with Crippen LogP contribution in [0.1, 0.15) is 54.4 Å². The fourth-order valence-corrected chi connectivity index (χ4v) is 5.03. The molecule has 1 aliphatic rings. The third-order valence-electron chi connectivity index (χ3n) is 5.33. The van der Waals surface area contributed by atoms with Crippen LogP contribution in [0.3, 0.4) is 0 Å². The van der Waals surface area contributed by atoms with Gasteiger partial charge in [-0.25, -0.2) is 8.42 Å². The van der Waals surface area contributed by atoms with Crippen LogP contribution in [0.2, 0.25) is 10.0 Å². The van der Waals surface area contributed by atoms with Crippen molar-refractivity contribution in [2.45, 2.75) is 51.1 Å². The molecule has 0 aliphatic heterocycles. The molecule has 2 aromatic rings. The normalized spacial score (nSPS) is 15.4. The zero-order valence-corrected chi connectivity index (χ0v) is 19.2. The van der Waals surface area contributed by atoms with E-state index in [1.165, 1.54) is 17.1 Å². The van der Waals surface area contributed by atoms with Gasteiger partial charge >= 0.3 is 0 Å². The molecule has 5 nitrogen and oxygen atoms in total. The first-order valence-corrected chi connectivity index (χ1v) is 12.7. The lowest BCUT2D eigenvalue weighted by Gasteiger charge is -2.24. The summed E-state index contributed by atoms with van der Waals surface area (Å²) in [5.74, 6) is -0.0914. The Hall–Kier alpha value is -1.76. The first kappa shape index (κ1) is 22.9. The number of hydrogen-bond acceptors (Lipinski definition) is 3. The molecule has 0 saturated heterocycles. The van der Waals surface area contributed by atoms with Gasteiger partial charge in [0, 0.05) is 11.6 Å². The molecule has 1 N–H and O–H groups in total. The molecule has 0 aromatic heterocycles. The van der Waals surface area contributed by atoms with Gasteiger partial charge in [-0.05, 0) is 42.7 Å². The SMILES string of the molecule is CS(=O)(=O)N(Cc1ccc(C(=O)NC2CCCCCC2)cc1)c1cccc(Cl)c1Cl. The first-order valence-electron chi connectivity index (χ1n) is 10.1. The molecule has 0 spiro atoms. The summed E-state index contributed by atoms with van der Waals surface area (Å²) in [6, 6.07) is 12.1. The van der Waals surface area contributed by atoms with Crippen LogP contribution in [-0.4, -0.2) is 26.6 Å². The van der Waals surface area contributed by atoms with Crippen LogP contribution < -0.4 is 9.62 Å². The van der Waals surface area contributed by atoms with Crippen LogP contribution in [-0.2, 0) is 16.6 Å². The topological polar surface area (TPSA) is 66.5 Å². The van der Waals surface area contributed by atoms with Crippen LogP contribution >= 0.6 is 23.2 Å². The summed E-state index contributed by atoms with van der Waals surface area (Å²) in [5.41, 5.74) is 1.62. The van der Waals surface area contributed by atoms with Gasteiger partial charge in [0.1, 0.15) is 0 Å². The van der Waals surface area contributed by atoms with Crippen molar-refractivity contribution in [2.75, 3.05) is 10.6 Å². The Bertz CT molecular complexity index is 986. The zero-order chi connectivity index (χ0) is 21.7. The van der Waals surface area contributed by atoms with Crippen molar-refractivity contribution in [2.24, 2.45) is 0 Å². The summed E-state index contributed by atoms with van der Waals surface area (Å²) in [4.78, 5) is 12.6. The van der Waals surface area contributed by atoms with E-state index in [2.05, 4.69) is 5.32 Å². The number of rotatable bonds is 6. The van der Waals surface area contributed by atoms with Crippen molar-refractivity contribution in [3.05, 3.63) is 63.6 Å². The van der Waals surface area contributed by atoms with Gasteiger partial charge in [-0.3, -0.25) is 9.10 Å². The number of hydrogen-bond donors (Lipinski definition) is 1. The predicted molar refractivity (Wildman–Crippen MR) is 123 cm³/mol. The minimum absolute atomic E-state index is 0.0867.